The Balaban J connectivity index is 1.84. The SMILES string of the molecule is O=C1Nc2ccccc2C2C(=O)N(c3ccccc3)N=C12. The van der Waals surface area contributed by atoms with E-state index in [0.29, 0.717) is 11.4 Å². The minimum Gasteiger partial charge on any atom is -0.321 e. The number of nitrogens with zero attached hydrogens (tertiary/aromatic N) is 2. The van der Waals surface area contributed by atoms with E-state index in [9.17, 15) is 9.59 Å². The largest absolute Gasteiger partial charge is 0.321 e. The number of nitrogens with one attached hydrogen (secondary N) is 1. The van der Waals surface area contributed by atoms with Crippen LogP contribution in [-0.4, -0.2) is 17.5 Å². The summed E-state index contributed by atoms with van der Waals surface area (Å²) in [6.07, 6.45) is 0. The molecule has 0 spiro atoms. The standard InChI is InChI=1S/C16H11N3O2/c20-15-14-13(11-8-4-5-9-12(11)17-15)16(21)19(18-14)10-6-2-1-3-7-10/h1-9,13H,(H,17,20). The highest BCUT2D eigenvalue weighted by atomic mass is 16.2. The second-order valence-corrected chi connectivity index (χ2v) is 4.95. The Labute approximate surface area is 120 Å². The highest BCUT2D eigenvalue weighted by Crippen LogP contribution is 2.37. The van der Waals surface area contributed by atoms with Crippen molar-refractivity contribution in [3.8, 4) is 0 Å². The molecule has 5 heteroatoms. The van der Waals surface area contributed by atoms with Crippen molar-refractivity contribution in [2.75, 3.05) is 10.3 Å². The van der Waals surface area contributed by atoms with E-state index >= 15 is 0 Å². The molecule has 2 heterocycles. The van der Waals surface area contributed by atoms with Crippen LogP contribution in [0.3, 0.4) is 0 Å². The molecule has 2 amide bonds. The van der Waals surface area contributed by atoms with Crippen LogP contribution in [0.5, 0.6) is 0 Å². The highest BCUT2D eigenvalue weighted by Gasteiger charge is 2.44. The molecule has 0 radical (unpaired) electrons. The zero-order valence-corrected chi connectivity index (χ0v) is 11.0. The maximum Gasteiger partial charge on any atom is 0.273 e. The van der Waals surface area contributed by atoms with Gasteiger partial charge in [-0.15, -0.1) is 0 Å². The van der Waals surface area contributed by atoms with E-state index in [4.69, 9.17) is 0 Å². The van der Waals surface area contributed by atoms with Crippen LogP contribution < -0.4 is 10.3 Å². The molecule has 2 aromatic rings. The summed E-state index contributed by atoms with van der Waals surface area (Å²) in [5.74, 6) is -1.13. The molecule has 0 bridgehead atoms. The van der Waals surface area contributed by atoms with E-state index < -0.39 is 5.92 Å². The fourth-order valence-electron chi connectivity index (χ4n) is 2.71. The molecule has 102 valence electrons. The molecule has 5 nitrogen and oxygen atoms in total. The number of rotatable bonds is 1. The van der Waals surface area contributed by atoms with E-state index in [1.54, 1.807) is 18.2 Å². The van der Waals surface area contributed by atoms with Crippen molar-refractivity contribution in [1.29, 1.82) is 0 Å². The molecule has 21 heavy (non-hydrogen) atoms. The molecule has 1 unspecified atom stereocenters. The Bertz CT molecular complexity index is 783. The third kappa shape index (κ3) is 1.67. The fraction of sp³-hybridized carbons (Fsp3) is 0.0625. The van der Waals surface area contributed by atoms with Gasteiger partial charge in [-0.1, -0.05) is 36.4 Å². The minimum absolute atomic E-state index is 0.196. The maximum absolute atomic E-state index is 12.7. The number of fused-ring (bicyclic) bond motifs is 3. The normalized spacial score (nSPS) is 19.7. The third-order valence-corrected chi connectivity index (χ3v) is 3.69. The topological polar surface area (TPSA) is 61.8 Å². The lowest BCUT2D eigenvalue weighted by Crippen LogP contribution is -2.35. The lowest BCUT2D eigenvalue weighted by molar-refractivity contribution is -0.118. The summed E-state index contributed by atoms with van der Waals surface area (Å²) in [4.78, 5) is 24.8. The van der Waals surface area contributed by atoms with Gasteiger partial charge in [0.05, 0.1) is 5.69 Å². The quantitative estimate of drug-likeness (QED) is 0.868. The van der Waals surface area contributed by atoms with Crippen molar-refractivity contribution in [3.63, 3.8) is 0 Å². The first-order valence-electron chi connectivity index (χ1n) is 6.63. The second-order valence-electron chi connectivity index (χ2n) is 4.95. The number of anilines is 2. The van der Waals surface area contributed by atoms with Crippen LogP contribution in [-0.2, 0) is 9.59 Å². The summed E-state index contributed by atoms with van der Waals surface area (Å²) in [7, 11) is 0. The van der Waals surface area contributed by atoms with Gasteiger partial charge in [0.1, 0.15) is 11.6 Å². The molecule has 2 aliphatic rings. The number of carbonyl (C=O) groups excluding carboxylic acids is 2. The molecular weight excluding hydrogens is 266 g/mol. The molecule has 0 saturated heterocycles. The summed E-state index contributed by atoms with van der Waals surface area (Å²) in [5, 5.41) is 8.31. The molecule has 1 N–H and O–H groups in total. The van der Waals surface area contributed by atoms with Crippen LogP contribution in [0.1, 0.15) is 11.5 Å². The minimum atomic E-state index is -0.616. The van der Waals surface area contributed by atoms with Crippen LogP contribution in [0.4, 0.5) is 11.4 Å². The zero-order chi connectivity index (χ0) is 14.4. The van der Waals surface area contributed by atoms with E-state index in [1.807, 2.05) is 36.4 Å². The van der Waals surface area contributed by atoms with Crippen molar-refractivity contribution in [2.45, 2.75) is 5.92 Å². The van der Waals surface area contributed by atoms with Crippen LogP contribution in [0.15, 0.2) is 59.7 Å². The van der Waals surface area contributed by atoms with Gasteiger partial charge in [-0.25, -0.2) is 0 Å². The van der Waals surface area contributed by atoms with Gasteiger partial charge in [-0.05, 0) is 23.8 Å². The Kier molecular flexibility index (Phi) is 2.41. The van der Waals surface area contributed by atoms with Crippen LogP contribution in [0.2, 0.25) is 0 Å². The lowest BCUT2D eigenvalue weighted by atomic mass is 9.89. The van der Waals surface area contributed by atoms with Crippen LogP contribution in [0.25, 0.3) is 0 Å². The van der Waals surface area contributed by atoms with Gasteiger partial charge in [0, 0.05) is 5.69 Å². The van der Waals surface area contributed by atoms with Crippen molar-refractivity contribution in [3.05, 3.63) is 60.2 Å². The summed E-state index contributed by atoms with van der Waals surface area (Å²) in [6.45, 7) is 0. The number of amides is 2. The Morgan fingerprint density at radius 3 is 2.48 bits per heavy atom. The maximum atomic E-state index is 12.7. The molecule has 2 aromatic carbocycles. The molecular formula is C16H11N3O2. The van der Waals surface area contributed by atoms with E-state index in [2.05, 4.69) is 10.4 Å². The predicted octanol–water partition coefficient (Wildman–Crippen LogP) is 2.13. The zero-order valence-electron chi connectivity index (χ0n) is 11.0. The van der Waals surface area contributed by atoms with Gasteiger partial charge in [0.15, 0.2) is 0 Å². The molecule has 0 aliphatic carbocycles. The summed E-state index contributed by atoms with van der Waals surface area (Å²) in [5.41, 5.74) is 2.38. The lowest BCUT2D eigenvalue weighted by Gasteiger charge is -2.21. The molecule has 4 rings (SSSR count). The molecule has 0 aromatic heterocycles. The first-order chi connectivity index (χ1) is 10.3. The number of carbonyl (C=O) groups is 2. The predicted molar refractivity (Wildman–Crippen MR) is 79.2 cm³/mol. The van der Waals surface area contributed by atoms with Crippen LogP contribution in [0, 0.1) is 0 Å². The Hall–Kier alpha value is -2.95. The number of benzene rings is 2. The van der Waals surface area contributed by atoms with Gasteiger partial charge >= 0.3 is 0 Å². The van der Waals surface area contributed by atoms with Crippen LogP contribution >= 0.6 is 0 Å². The van der Waals surface area contributed by atoms with Gasteiger partial charge < -0.3 is 5.32 Å². The number of hydrazone groups is 1. The molecule has 2 aliphatic heterocycles. The third-order valence-electron chi connectivity index (χ3n) is 3.69. The highest BCUT2D eigenvalue weighted by molar-refractivity contribution is 6.52. The van der Waals surface area contributed by atoms with Gasteiger partial charge in [-0.3, -0.25) is 9.59 Å². The number of hydrogen-bond acceptors (Lipinski definition) is 3. The summed E-state index contributed by atoms with van der Waals surface area (Å²) >= 11 is 0. The van der Waals surface area contributed by atoms with Crippen molar-refractivity contribution >= 4 is 28.9 Å². The Morgan fingerprint density at radius 2 is 1.67 bits per heavy atom. The molecule has 0 fully saturated rings. The smallest absolute Gasteiger partial charge is 0.273 e. The number of para-hydroxylation sites is 2. The van der Waals surface area contributed by atoms with Crippen molar-refractivity contribution in [1.82, 2.24) is 0 Å². The fourth-order valence-corrected chi connectivity index (χ4v) is 2.71. The molecule has 1 atom stereocenters. The summed E-state index contributed by atoms with van der Waals surface area (Å²) < 4.78 is 0. The van der Waals surface area contributed by atoms with Crippen molar-refractivity contribution < 1.29 is 9.59 Å². The van der Waals surface area contributed by atoms with Gasteiger partial charge in [0.25, 0.3) is 11.8 Å². The van der Waals surface area contributed by atoms with Gasteiger partial charge in [-0.2, -0.15) is 10.1 Å². The second kappa shape index (κ2) is 4.28. The molecule has 0 saturated carbocycles. The van der Waals surface area contributed by atoms with Gasteiger partial charge in [0.2, 0.25) is 0 Å². The first-order valence-corrected chi connectivity index (χ1v) is 6.63. The van der Waals surface area contributed by atoms with E-state index in [1.165, 1.54) is 5.01 Å². The van der Waals surface area contributed by atoms with Crippen molar-refractivity contribution in [2.24, 2.45) is 5.10 Å². The van der Waals surface area contributed by atoms with E-state index in [0.717, 1.165) is 5.56 Å². The first kappa shape index (κ1) is 11.8. The average Bonchev–Trinajstić information content (AvgIpc) is 2.87. The van der Waals surface area contributed by atoms with E-state index in [-0.39, 0.29) is 17.5 Å². The monoisotopic (exact) mass is 277 g/mol. The average molecular weight is 277 g/mol. The Morgan fingerprint density at radius 1 is 0.952 bits per heavy atom. The summed E-state index contributed by atoms with van der Waals surface area (Å²) in [6, 6.07) is 16.4. The number of hydrogen-bond donors (Lipinski definition) is 1.